The van der Waals surface area contributed by atoms with Crippen molar-refractivity contribution in [2.24, 2.45) is 0 Å². The summed E-state index contributed by atoms with van der Waals surface area (Å²) in [5.41, 5.74) is 1.61. The molecule has 0 spiro atoms. The number of rotatable bonds is 8. The number of piperidine rings is 1. The van der Waals surface area contributed by atoms with Crippen LogP contribution < -0.4 is 10.1 Å². The molecule has 7 heteroatoms. The number of hydrogen-bond acceptors (Lipinski definition) is 5. The van der Waals surface area contributed by atoms with E-state index in [0.29, 0.717) is 12.1 Å². The third kappa shape index (κ3) is 6.57. The Hall–Kier alpha value is -3.35. The summed E-state index contributed by atoms with van der Waals surface area (Å²) in [5.74, 6) is -0.271. The van der Waals surface area contributed by atoms with E-state index >= 15 is 0 Å². The van der Waals surface area contributed by atoms with Crippen molar-refractivity contribution < 1.29 is 23.9 Å². The number of methoxy groups -OCH3 is 1. The molecule has 176 valence electrons. The molecule has 2 aromatic rings. The minimum absolute atomic E-state index is 0.136. The Kier molecular flexibility index (Phi) is 8.46. The van der Waals surface area contributed by atoms with Gasteiger partial charge in [-0.3, -0.25) is 9.59 Å². The summed E-state index contributed by atoms with van der Waals surface area (Å²) in [5, 5.41) is 2.79. The lowest BCUT2D eigenvalue weighted by Crippen LogP contribution is -2.49. The molecule has 1 N–H and O–H groups in total. The zero-order valence-corrected chi connectivity index (χ0v) is 19.5. The summed E-state index contributed by atoms with van der Waals surface area (Å²) in [7, 11) is 1.61. The molecule has 0 aromatic heterocycles. The fraction of sp³-hybridized carbons (Fsp3) is 0.423. The van der Waals surface area contributed by atoms with Crippen LogP contribution >= 0.6 is 0 Å². The van der Waals surface area contributed by atoms with Crippen molar-refractivity contribution in [1.29, 1.82) is 0 Å². The van der Waals surface area contributed by atoms with Crippen molar-refractivity contribution in [1.82, 2.24) is 4.90 Å². The van der Waals surface area contributed by atoms with Crippen LogP contribution in [0.3, 0.4) is 0 Å². The van der Waals surface area contributed by atoms with Gasteiger partial charge in [0.05, 0.1) is 18.4 Å². The molecular weight excluding hydrogens is 420 g/mol. The highest BCUT2D eigenvalue weighted by atomic mass is 16.5. The quantitative estimate of drug-likeness (QED) is 0.607. The molecule has 1 fully saturated rings. The molecule has 2 atom stereocenters. The second-order valence-electron chi connectivity index (χ2n) is 8.45. The standard InChI is InChI=1S/C26H32N2O5/c1-18-7-6-8-19(2)28(18)25(30)17-33-26(31)22-9-4-5-10-23(22)27-24(29)16-13-20-11-14-21(32-3)15-12-20/h4-5,9-12,14-15,18-19H,6-8,13,16-17H2,1-3H3,(H,27,29). The van der Waals surface area contributed by atoms with E-state index in [1.807, 2.05) is 43.0 Å². The Labute approximate surface area is 195 Å². The highest BCUT2D eigenvalue weighted by Crippen LogP contribution is 2.23. The van der Waals surface area contributed by atoms with E-state index in [-0.39, 0.29) is 42.5 Å². The summed E-state index contributed by atoms with van der Waals surface area (Å²) in [6, 6.07) is 14.5. The van der Waals surface area contributed by atoms with Crippen LogP contribution in [0.2, 0.25) is 0 Å². The molecule has 1 heterocycles. The number of likely N-dealkylation sites (tertiary alicyclic amines) is 1. The number of esters is 1. The van der Waals surface area contributed by atoms with Crippen LogP contribution in [-0.2, 0) is 20.7 Å². The van der Waals surface area contributed by atoms with Crippen LogP contribution in [0.15, 0.2) is 48.5 Å². The Morgan fingerprint density at radius 2 is 1.67 bits per heavy atom. The summed E-state index contributed by atoms with van der Waals surface area (Å²) in [4.78, 5) is 39.6. The first-order valence-corrected chi connectivity index (χ1v) is 11.4. The number of aryl methyl sites for hydroxylation is 1. The molecule has 1 aliphatic heterocycles. The highest BCUT2D eigenvalue weighted by Gasteiger charge is 2.29. The molecule has 2 aromatic carbocycles. The zero-order chi connectivity index (χ0) is 23.8. The number of nitrogens with zero attached hydrogens (tertiary/aromatic N) is 1. The van der Waals surface area contributed by atoms with Crippen molar-refractivity contribution in [3.8, 4) is 5.75 Å². The third-order valence-corrected chi connectivity index (χ3v) is 6.03. The van der Waals surface area contributed by atoms with E-state index in [1.54, 1.807) is 31.4 Å². The van der Waals surface area contributed by atoms with Crippen LogP contribution in [0.25, 0.3) is 0 Å². The number of benzene rings is 2. The van der Waals surface area contributed by atoms with Crippen LogP contribution in [0, 0.1) is 0 Å². The molecular formula is C26H32N2O5. The summed E-state index contributed by atoms with van der Waals surface area (Å²) in [6.07, 6.45) is 3.82. The van der Waals surface area contributed by atoms with Crippen molar-refractivity contribution in [3.05, 3.63) is 59.7 Å². The molecule has 3 rings (SSSR count). The van der Waals surface area contributed by atoms with E-state index in [4.69, 9.17) is 9.47 Å². The van der Waals surface area contributed by atoms with Gasteiger partial charge in [0.1, 0.15) is 5.75 Å². The first-order valence-electron chi connectivity index (χ1n) is 11.4. The lowest BCUT2D eigenvalue weighted by Gasteiger charge is -2.38. The first-order chi connectivity index (χ1) is 15.9. The SMILES string of the molecule is COc1ccc(CCC(=O)Nc2ccccc2C(=O)OCC(=O)N2C(C)CCCC2C)cc1. The van der Waals surface area contributed by atoms with E-state index in [9.17, 15) is 14.4 Å². The smallest absolute Gasteiger partial charge is 0.340 e. The molecule has 7 nitrogen and oxygen atoms in total. The van der Waals surface area contributed by atoms with Crippen molar-refractivity contribution in [2.75, 3.05) is 19.0 Å². The Bertz CT molecular complexity index is 963. The van der Waals surface area contributed by atoms with Crippen LogP contribution in [0.4, 0.5) is 5.69 Å². The van der Waals surface area contributed by atoms with E-state index < -0.39 is 5.97 Å². The zero-order valence-electron chi connectivity index (χ0n) is 19.5. The fourth-order valence-electron chi connectivity index (χ4n) is 4.23. The maximum atomic E-state index is 12.7. The van der Waals surface area contributed by atoms with E-state index in [0.717, 1.165) is 30.6 Å². The molecule has 2 amide bonds. The number of amides is 2. The van der Waals surface area contributed by atoms with E-state index in [1.165, 1.54) is 0 Å². The van der Waals surface area contributed by atoms with Gasteiger partial charge in [0.2, 0.25) is 5.91 Å². The first kappa shape index (κ1) is 24.3. The number of para-hydroxylation sites is 1. The average Bonchev–Trinajstić information content (AvgIpc) is 2.81. The largest absolute Gasteiger partial charge is 0.497 e. The summed E-state index contributed by atoms with van der Waals surface area (Å²) >= 11 is 0. The Morgan fingerprint density at radius 1 is 1.00 bits per heavy atom. The van der Waals surface area contributed by atoms with Gasteiger partial charge in [-0.05, 0) is 69.4 Å². The minimum Gasteiger partial charge on any atom is -0.497 e. The van der Waals surface area contributed by atoms with Crippen molar-refractivity contribution in [3.63, 3.8) is 0 Å². The molecule has 0 radical (unpaired) electrons. The summed E-state index contributed by atoms with van der Waals surface area (Å²) in [6.45, 7) is 3.73. The van der Waals surface area contributed by atoms with Crippen LogP contribution in [-0.4, -0.2) is 48.5 Å². The van der Waals surface area contributed by atoms with Gasteiger partial charge in [-0.1, -0.05) is 24.3 Å². The number of hydrogen-bond donors (Lipinski definition) is 1. The topological polar surface area (TPSA) is 84.9 Å². The van der Waals surface area contributed by atoms with Crippen LogP contribution in [0.5, 0.6) is 5.75 Å². The maximum absolute atomic E-state index is 12.7. The van der Waals surface area contributed by atoms with Gasteiger partial charge in [-0.15, -0.1) is 0 Å². The predicted molar refractivity (Wildman–Crippen MR) is 126 cm³/mol. The highest BCUT2D eigenvalue weighted by molar-refractivity contribution is 6.01. The van der Waals surface area contributed by atoms with Gasteiger partial charge < -0.3 is 19.7 Å². The monoisotopic (exact) mass is 452 g/mol. The van der Waals surface area contributed by atoms with Gasteiger partial charge in [-0.2, -0.15) is 0 Å². The number of nitrogens with one attached hydrogen (secondary N) is 1. The molecule has 0 aliphatic carbocycles. The normalized spacial score (nSPS) is 17.8. The second-order valence-corrected chi connectivity index (χ2v) is 8.45. The van der Waals surface area contributed by atoms with Crippen molar-refractivity contribution >= 4 is 23.5 Å². The Morgan fingerprint density at radius 3 is 2.33 bits per heavy atom. The predicted octanol–water partition coefficient (Wildman–Crippen LogP) is 4.21. The minimum atomic E-state index is -0.633. The third-order valence-electron chi connectivity index (χ3n) is 6.03. The lowest BCUT2D eigenvalue weighted by molar-refractivity contribution is -0.140. The summed E-state index contributed by atoms with van der Waals surface area (Å²) < 4.78 is 10.5. The van der Waals surface area contributed by atoms with E-state index in [2.05, 4.69) is 5.32 Å². The number of carbonyl (C=O) groups excluding carboxylic acids is 3. The average molecular weight is 453 g/mol. The maximum Gasteiger partial charge on any atom is 0.340 e. The van der Waals surface area contributed by atoms with Gasteiger partial charge >= 0.3 is 5.97 Å². The van der Waals surface area contributed by atoms with Crippen LogP contribution in [0.1, 0.15) is 55.5 Å². The molecule has 2 unspecified atom stereocenters. The van der Waals surface area contributed by atoms with Gasteiger partial charge in [-0.25, -0.2) is 4.79 Å². The second kappa shape index (κ2) is 11.5. The lowest BCUT2D eigenvalue weighted by atomic mass is 9.97. The van der Waals surface area contributed by atoms with Crippen molar-refractivity contribution in [2.45, 2.75) is 58.0 Å². The van der Waals surface area contributed by atoms with Gasteiger partial charge in [0, 0.05) is 18.5 Å². The molecule has 1 saturated heterocycles. The molecule has 33 heavy (non-hydrogen) atoms. The van der Waals surface area contributed by atoms with Gasteiger partial charge in [0.25, 0.3) is 5.91 Å². The molecule has 0 bridgehead atoms. The fourth-order valence-corrected chi connectivity index (χ4v) is 4.23. The molecule has 1 aliphatic rings. The number of carbonyl (C=O) groups is 3. The number of anilines is 1. The Balaban J connectivity index is 1.55. The van der Waals surface area contributed by atoms with Gasteiger partial charge in [0.15, 0.2) is 6.61 Å². The molecule has 0 saturated carbocycles. The number of ether oxygens (including phenoxy) is 2.